The van der Waals surface area contributed by atoms with Gasteiger partial charge in [-0.25, -0.2) is 4.39 Å². The number of nitrogens with one attached hydrogen (secondary N) is 1. The number of benzene rings is 1. The summed E-state index contributed by atoms with van der Waals surface area (Å²) in [7, 11) is 0. The highest BCUT2D eigenvalue weighted by molar-refractivity contribution is 6.31. The van der Waals surface area contributed by atoms with E-state index in [9.17, 15) is 14.0 Å². The second-order valence-corrected chi connectivity index (χ2v) is 5.67. The van der Waals surface area contributed by atoms with E-state index < -0.39 is 17.7 Å². The fourth-order valence-corrected chi connectivity index (χ4v) is 2.41. The summed E-state index contributed by atoms with van der Waals surface area (Å²) in [6.07, 6.45) is 0. The molecule has 1 unspecified atom stereocenters. The van der Waals surface area contributed by atoms with Crippen LogP contribution in [-0.2, 0) is 9.59 Å². The maximum atomic E-state index is 13.0. The summed E-state index contributed by atoms with van der Waals surface area (Å²) in [5.74, 6) is -1.91. The fraction of sp³-hybridized carbons (Fsp3) is 0.429. The third-order valence-corrected chi connectivity index (χ3v) is 3.94. The van der Waals surface area contributed by atoms with E-state index in [-0.39, 0.29) is 23.4 Å². The van der Waals surface area contributed by atoms with Gasteiger partial charge in [-0.2, -0.15) is 0 Å². The first-order valence-electron chi connectivity index (χ1n) is 6.57. The Balaban J connectivity index is 1.79. The molecule has 2 rings (SSSR count). The van der Waals surface area contributed by atoms with Crippen molar-refractivity contribution in [3.8, 4) is 0 Å². The van der Waals surface area contributed by atoms with Crippen molar-refractivity contribution in [2.45, 2.75) is 6.92 Å². The van der Waals surface area contributed by atoms with Crippen molar-refractivity contribution >= 4 is 29.2 Å². The van der Waals surface area contributed by atoms with Gasteiger partial charge in [0.05, 0.1) is 17.5 Å². The molecular formula is C14H16ClFN2O3. The normalized spacial score (nSPS) is 17.1. The lowest BCUT2D eigenvalue weighted by molar-refractivity contribution is -0.145. The van der Waals surface area contributed by atoms with Gasteiger partial charge in [-0.05, 0) is 24.1 Å². The topological polar surface area (TPSA) is 69.6 Å². The van der Waals surface area contributed by atoms with E-state index in [1.807, 2.05) is 4.90 Å². The van der Waals surface area contributed by atoms with Crippen molar-refractivity contribution in [2.75, 3.05) is 25.0 Å². The SMILES string of the molecule is CC(C(=O)O)C1CN(CC(=O)Nc2ccc(F)c(Cl)c2)C1. The molecule has 1 amide bonds. The van der Waals surface area contributed by atoms with Crippen LogP contribution in [0.1, 0.15) is 6.92 Å². The molecule has 1 saturated heterocycles. The Kier molecular flexibility index (Phi) is 4.80. The Bertz CT molecular complexity index is 561. The summed E-state index contributed by atoms with van der Waals surface area (Å²) in [4.78, 5) is 24.5. The van der Waals surface area contributed by atoms with Crippen LogP contribution in [-0.4, -0.2) is 41.5 Å². The van der Waals surface area contributed by atoms with Gasteiger partial charge in [0.25, 0.3) is 0 Å². The first-order chi connectivity index (χ1) is 9.86. The Morgan fingerprint density at radius 3 is 2.76 bits per heavy atom. The average Bonchev–Trinajstić information content (AvgIpc) is 2.37. The average molecular weight is 315 g/mol. The number of anilines is 1. The summed E-state index contributed by atoms with van der Waals surface area (Å²) in [5.41, 5.74) is 0.433. The van der Waals surface area contributed by atoms with Gasteiger partial charge in [-0.3, -0.25) is 14.5 Å². The van der Waals surface area contributed by atoms with Crippen LogP contribution in [0.3, 0.4) is 0 Å². The zero-order chi connectivity index (χ0) is 15.6. The number of aliphatic carboxylic acids is 1. The van der Waals surface area contributed by atoms with E-state index in [0.717, 1.165) is 0 Å². The molecule has 1 aliphatic heterocycles. The van der Waals surface area contributed by atoms with Crippen LogP contribution in [0.2, 0.25) is 5.02 Å². The molecule has 7 heteroatoms. The molecule has 0 aliphatic carbocycles. The Labute approximate surface area is 126 Å². The summed E-state index contributed by atoms with van der Waals surface area (Å²) in [6.45, 7) is 3.03. The summed E-state index contributed by atoms with van der Waals surface area (Å²) in [5, 5.41) is 11.5. The monoisotopic (exact) mass is 314 g/mol. The third kappa shape index (κ3) is 3.92. The van der Waals surface area contributed by atoms with E-state index >= 15 is 0 Å². The number of rotatable bonds is 5. The number of hydrogen-bond acceptors (Lipinski definition) is 3. The summed E-state index contributed by atoms with van der Waals surface area (Å²) >= 11 is 5.63. The highest BCUT2D eigenvalue weighted by atomic mass is 35.5. The Hall–Kier alpha value is -1.66. The van der Waals surface area contributed by atoms with Gasteiger partial charge in [0.15, 0.2) is 0 Å². The molecule has 5 nitrogen and oxygen atoms in total. The smallest absolute Gasteiger partial charge is 0.306 e. The van der Waals surface area contributed by atoms with Crippen LogP contribution in [0.15, 0.2) is 18.2 Å². The number of nitrogens with zero attached hydrogens (tertiary/aromatic N) is 1. The third-order valence-electron chi connectivity index (χ3n) is 3.65. The fourth-order valence-electron chi connectivity index (χ4n) is 2.23. The Morgan fingerprint density at radius 2 is 2.19 bits per heavy atom. The van der Waals surface area contributed by atoms with Gasteiger partial charge in [0.2, 0.25) is 5.91 Å². The Morgan fingerprint density at radius 1 is 1.52 bits per heavy atom. The molecule has 1 aliphatic rings. The number of carbonyl (C=O) groups is 2. The van der Waals surface area contributed by atoms with E-state index in [2.05, 4.69) is 5.32 Å². The van der Waals surface area contributed by atoms with Crippen LogP contribution in [0.5, 0.6) is 0 Å². The van der Waals surface area contributed by atoms with Crippen molar-refractivity contribution in [1.82, 2.24) is 4.90 Å². The molecule has 1 atom stereocenters. The van der Waals surface area contributed by atoms with E-state index in [1.165, 1.54) is 18.2 Å². The second kappa shape index (κ2) is 6.41. The minimum atomic E-state index is -0.815. The van der Waals surface area contributed by atoms with Gasteiger partial charge >= 0.3 is 5.97 Å². The van der Waals surface area contributed by atoms with Crippen LogP contribution in [0, 0.1) is 17.7 Å². The summed E-state index contributed by atoms with van der Waals surface area (Å²) < 4.78 is 13.0. The molecule has 0 saturated carbocycles. The number of carbonyl (C=O) groups excluding carboxylic acids is 1. The van der Waals surface area contributed by atoms with Gasteiger partial charge in [-0.1, -0.05) is 18.5 Å². The maximum Gasteiger partial charge on any atom is 0.306 e. The molecule has 1 heterocycles. The molecule has 0 bridgehead atoms. The number of amides is 1. The highest BCUT2D eigenvalue weighted by Crippen LogP contribution is 2.24. The molecule has 21 heavy (non-hydrogen) atoms. The second-order valence-electron chi connectivity index (χ2n) is 5.26. The van der Waals surface area contributed by atoms with Crippen molar-refractivity contribution in [3.05, 3.63) is 29.0 Å². The molecule has 1 aromatic rings. The molecule has 0 aromatic heterocycles. The van der Waals surface area contributed by atoms with E-state index in [0.29, 0.717) is 18.8 Å². The molecule has 0 spiro atoms. The lowest BCUT2D eigenvalue weighted by Crippen LogP contribution is -2.53. The lowest BCUT2D eigenvalue weighted by Gasteiger charge is -2.40. The van der Waals surface area contributed by atoms with E-state index in [1.54, 1.807) is 6.92 Å². The minimum Gasteiger partial charge on any atom is -0.481 e. The van der Waals surface area contributed by atoms with Gasteiger partial charge < -0.3 is 10.4 Å². The molecule has 0 radical (unpaired) electrons. The minimum absolute atomic E-state index is 0.0490. The molecule has 1 aromatic carbocycles. The molecule has 1 fully saturated rings. The molecular weight excluding hydrogens is 299 g/mol. The van der Waals surface area contributed by atoms with Crippen LogP contribution >= 0.6 is 11.6 Å². The first-order valence-corrected chi connectivity index (χ1v) is 6.94. The predicted octanol–water partition coefficient (Wildman–Crippen LogP) is 2.07. The van der Waals surface area contributed by atoms with E-state index in [4.69, 9.17) is 16.7 Å². The molecule has 2 N–H and O–H groups in total. The number of likely N-dealkylation sites (tertiary alicyclic amines) is 1. The zero-order valence-corrected chi connectivity index (χ0v) is 12.2. The van der Waals surface area contributed by atoms with Gasteiger partial charge in [0, 0.05) is 18.8 Å². The van der Waals surface area contributed by atoms with Gasteiger partial charge in [0.1, 0.15) is 5.82 Å². The number of halogens is 2. The van der Waals surface area contributed by atoms with Crippen LogP contribution in [0.4, 0.5) is 10.1 Å². The predicted molar refractivity (Wildman–Crippen MR) is 76.8 cm³/mol. The summed E-state index contributed by atoms with van der Waals surface area (Å²) in [6, 6.07) is 3.97. The first kappa shape index (κ1) is 15.7. The number of carboxylic acid groups (broad SMARTS) is 1. The van der Waals surface area contributed by atoms with Crippen molar-refractivity contribution < 1.29 is 19.1 Å². The zero-order valence-electron chi connectivity index (χ0n) is 11.5. The van der Waals surface area contributed by atoms with Gasteiger partial charge in [-0.15, -0.1) is 0 Å². The van der Waals surface area contributed by atoms with Crippen molar-refractivity contribution in [3.63, 3.8) is 0 Å². The molecule has 114 valence electrons. The van der Waals surface area contributed by atoms with Crippen LogP contribution in [0.25, 0.3) is 0 Å². The van der Waals surface area contributed by atoms with Crippen molar-refractivity contribution in [1.29, 1.82) is 0 Å². The van der Waals surface area contributed by atoms with Crippen molar-refractivity contribution in [2.24, 2.45) is 11.8 Å². The maximum absolute atomic E-state index is 13.0. The highest BCUT2D eigenvalue weighted by Gasteiger charge is 2.35. The lowest BCUT2D eigenvalue weighted by atomic mass is 9.87. The van der Waals surface area contributed by atoms with Crippen LogP contribution < -0.4 is 5.32 Å². The number of hydrogen-bond donors (Lipinski definition) is 2. The standard InChI is InChI=1S/C14H16ClFN2O3/c1-8(14(20)21)9-5-18(6-9)7-13(19)17-10-2-3-12(16)11(15)4-10/h2-4,8-9H,5-7H2,1H3,(H,17,19)(H,20,21). The largest absolute Gasteiger partial charge is 0.481 e. The number of carboxylic acids is 1. The quantitative estimate of drug-likeness (QED) is 0.873.